The van der Waals surface area contributed by atoms with Crippen LogP contribution in [0.15, 0.2) is 22.7 Å². The van der Waals surface area contributed by atoms with Crippen molar-refractivity contribution in [2.24, 2.45) is 0 Å². The van der Waals surface area contributed by atoms with Crippen molar-refractivity contribution in [1.29, 1.82) is 0 Å². The van der Waals surface area contributed by atoms with E-state index in [2.05, 4.69) is 21.2 Å². The molecular formula is C12H14BrF2N. The highest BCUT2D eigenvalue weighted by Gasteiger charge is 2.24. The van der Waals surface area contributed by atoms with Gasteiger partial charge in [-0.05, 0) is 43.1 Å². The van der Waals surface area contributed by atoms with Crippen molar-refractivity contribution < 1.29 is 8.78 Å². The summed E-state index contributed by atoms with van der Waals surface area (Å²) in [5.74, 6) is -0.323. The fourth-order valence-corrected chi connectivity index (χ4v) is 2.63. The molecule has 1 nitrogen and oxygen atoms in total. The Bertz CT molecular complexity index is 344. The molecule has 1 heterocycles. The third-order valence-electron chi connectivity index (χ3n) is 2.89. The lowest BCUT2D eigenvalue weighted by molar-refractivity contribution is 0.263. The highest BCUT2D eigenvalue weighted by atomic mass is 79.9. The van der Waals surface area contributed by atoms with Crippen molar-refractivity contribution in [2.45, 2.75) is 31.5 Å². The minimum atomic E-state index is -0.934. The largest absolute Gasteiger partial charge is 0.311 e. The highest BCUT2D eigenvalue weighted by Crippen LogP contribution is 2.20. The SMILES string of the molecule is Fc1cc(Br)cc(CC(F)C2CCCN2)c1. The summed E-state index contributed by atoms with van der Waals surface area (Å²) in [4.78, 5) is 0. The van der Waals surface area contributed by atoms with E-state index in [1.807, 2.05) is 0 Å². The molecule has 0 spiro atoms. The number of nitrogens with one attached hydrogen (secondary N) is 1. The molecule has 1 saturated heterocycles. The summed E-state index contributed by atoms with van der Waals surface area (Å²) in [6.07, 6.45) is 1.24. The van der Waals surface area contributed by atoms with Crippen LogP contribution in [-0.2, 0) is 6.42 Å². The molecule has 4 heteroatoms. The number of benzene rings is 1. The van der Waals surface area contributed by atoms with Gasteiger partial charge in [-0.2, -0.15) is 0 Å². The smallest absolute Gasteiger partial charge is 0.124 e. The van der Waals surface area contributed by atoms with Gasteiger partial charge in [-0.15, -0.1) is 0 Å². The van der Waals surface area contributed by atoms with Gasteiger partial charge in [-0.1, -0.05) is 15.9 Å². The summed E-state index contributed by atoms with van der Waals surface area (Å²) in [6.45, 7) is 0.887. The monoisotopic (exact) mass is 289 g/mol. The summed E-state index contributed by atoms with van der Waals surface area (Å²) in [5, 5.41) is 3.13. The van der Waals surface area contributed by atoms with Crippen LogP contribution in [0.25, 0.3) is 0 Å². The van der Waals surface area contributed by atoms with Gasteiger partial charge in [0, 0.05) is 16.9 Å². The second kappa shape index (κ2) is 5.23. The number of hydrogen-bond donors (Lipinski definition) is 1. The van der Waals surface area contributed by atoms with Gasteiger partial charge in [0.1, 0.15) is 12.0 Å². The maximum atomic E-state index is 13.9. The lowest BCUT2D eigenvalue weighted by atomic mass is 10.0. The topological polar surface area (TPSA) is 12.0 Å². The molecule has 0 aliphatic carbocycles. The van der Waals surface area contributed by atoms with Crippen molar-refractivity contribution >= 4 is 15.9 Å². The van der Waals surface area contributed by atoms with Crippen LogP contribution >= 0.6 is 15.9 Å². The Morgan fingerprint density at radius 2 is 2.25 bits per heavy atom. The zero-order valence-electron chi connectivity index (χ0n) is 8.85. The molecule has 2 atom stereocenters. The number of hydrogen-bond acceptors (Lipinski definition) is 1. The second-order valence-electron chi connectivity index (χ2n) is 4.20. The molecule has 0 aromatic heterocycles. The Morgan fingerprint density at radius 1 is 1.44 bits per heavy atom. The molecule has 88 valence electrons. The first-order valence-corrected chi connectivity index (χ1v) is 6.27. The van der Waals surface area contributed by atoms with E-state index in [1.54, 1.807) is 6.07 Å². The van der Waals surface area contributed by atoms with Gasteiger partial charge in [0.15, 0.2) is 0 Å². The van der Waals surface area contributed by atoms with Gasteiger partial charge in [-0.25, -0.2) is 8.78 Å². The maximum Gasteiger partial charge on any atom is 0.124 e. The molecule has 1 aliphatic heterocycles. The molecule has 0 amide bonds. The Balaban J connectivity index is 2.02. The molecule has 1 N–H and O–H groups in total. The summed E-state index contributed by atoms with van der Waals surface area (Å²) in [6, 6.07) is 4.48. The van der Waals surface area contributed by atoms with E-state index in [4.69, 9.17) is 0 Å². The van der Waals surface area contributed by atoms with Crippen LogP contribution in [0.4, 0.5) is 8.78 Å². The molecule has 1 aromatic rings. The van der Waals surface area contributed by atoms with Gasteiger partial charge in [-0.3, -0.25) is 0 Å². The fraction of sp³-hybridized carbons (Fsp3) is 0.500. The number of rotatable bonds is 3. The third kappa shape index (κ3) is 3.01. The summed E-state index contributed by atoms with van der Waals surface area (Å²) in [7, 11) is 0. The maximum absolute atomic E-state index is 13.9. The molecule has 2 rings (SSSR count). The number of halogens is 3. The molecule has 1 aromatic carbocycles. The van der Waals surface area contributed by atoms with Crippen LogP contribution in [-0.4, -0.2) is 18.8 Å². The summed E-state index contributed by atoms with van der Waals surface area (Å²) >= 11 is 3.21. The van der Waals surface area contributed by atoms with E-state index in [0.29, 0.717) is 10.0 Å². The van der Waals surface area contributed by atoms with Gasteiger partial charge in [0.2, 0.25) is 0 Å². The fourth-order valence-electron chi connectivity index (χ4n) is 2.12. The van der Waals surface area contributed by atoms with Crippen LogP contribution in [0.1, 0.15) is 18.4 Å². The Labute approximate surface area is 102 Å². The average Bonchev–Trinajstić information content (AvgIpc) is 2.68. The van der Waals surface area contributed by atoms with Crippen molar-refractivity contribution in [3.8, 4) is 0 Å². The lowest BCUT2D eigenvalue weighted by Crippen LogP contribution is -2.33. The van der Waals surface area contributed by atoms with Crippen molar-refractivity contribution in [1.82, 2.24) is 5.32 Å². The number of alkyl halides is 1. The highest BCUT2D eigenvalue weighted by molar-refractivity contribution is 9.10. The Morgan fingerprint density at radius 3 is 2.88 bits per heavy atom. The quantitative estimate of drug-likeness (QED) is 0.901. The first-order valence-electron chi connectivity index (χ1n) is 5.47. The molecule has 1 fully saturated rings. The van der Waals surface area contributed by atoms with Gasteiger partial charge in [0.05, 0.1) is 0 Å². The second-order valence-corrected chi connectivity index (χ2v) is 5.12. The molecule has 1 aliphatic rings. The standard InChI is InChI=1S/C12H14BrF2N/c13-9-4-8(5-10(14)7-9)6-11(15)12-2-1-3-16-12/h4-5,7,11-12,16H,1-3,6H2. The zero-order chi connectivity index (χ0) is 11.5. The van der Waals surface area contributed by atoms with E-state index in [0.717, 1.165) is 19.4 Å². The summed E-state index contributed by atoms with van der Waals surface area (Å²) in [5.41, 5.74) is 0.702. The van der Waals surface area contributed by atoms with Crippen molar-refractivity contribution in [3.05, 3.63) is 34.1 Å². The van der Waals surface area contributed by atoms with Gasteiger partial charge >= 0.3 is 0 Å². The van der Waals surface area contributed by atoms with E-state index in [-0.39, 0.29) is 18.3 Å². The van der Waals surface area contributed by atoms with E-state index in [1.165, 1.54) is 12.1 Å². The van der Waals surface area contributed by atoms with Gasteiger partial charge in [0.25, 0.3) is 0 Å². The normalized spacial score (nSPS) is 22.3. The van der Waals surface area contributed by atoms with E-state index in [9.17, 15) is 8.78 Å². The predicted octanol–water partition coefficient (Wildman–Crippen LogP) is 3.22. The first-order chi connectivity index (χ1) is 7.65. The molecule has 16 heavy (non-hydrogen) atoms. The van der Waals surface area contributed by atoms with Crippen LogP contribution < -0.4 is 5.32 Å². The van der Waals surface area contributed by atoms with Gasteiger partial charge < -0.3 is 5.32 Å². The van der Waals surface area contributed by atoms with Crippen LogP contribution in [0.3, 0.4) is 0 Å². The van der Waals surface area contributed by atoms with E-state index >= 15 is 0 Å². The van der Waals surface area contributed by atoms with Crippen LogP contribution in [0.5, 0.6) is 0 Å². The van der Waals surface area contributed by atoms with Crippen molar-refractivity contribution in [3.63, 3.8) is 0 Å². The van der Waals surface area contributed by atoms with E-state index < -0.39 is 6.17 Å². The predicted molar refractivity (Wildman–Crippen MR) is 63.7 cm³/mol. The molecular weight excluding hydrogens is 276 g/mol. The molecule has 2 unspecified atom stereocenters. The van der Waals surface area contributed by atoms with Crippen LogP contribution in [0.2, 0.25) is 0 Å². The minimum Gasteiger partial charge on any atom is -0.311 e. The Hall–Kier alpha value is -0.480. The zero-order valence-corrected chi connectivity index (χ0v) is 10.4. The lowest BCUT2D eigenvalue weighted by Gasteiger charge is -2.16. The summed E-state index contributed by atoms with van der Waals surface area (Å²) < 4.78 is 27.6. The van der Waals surface area contributed by atoms with Crippen LogP contribution in [0, 0.1) is 5.82 Å². The van der Waals surface area contributed by atoms with Crippen molar-refractivity contribution in [2.75, 3.05) is 6.54 Å². The Kier molecular flexibility index (Phi) is 3.92. The minimum absolute atomic E-state index is 0.0676. The third-order valence-corrected chi connectivity index (χ3v) is 3.35. The molecule has 0 radical (unpaired) electrons. The first kappa shape index (κ1) is 12.0. The average molecular weight is 290 g/mol. The molecule has 0 saturated carbocycles. The molecule has 0 bridgehead atoms.